The van der Waals surface area contributed by atoms with Crippen molar-refractivity contribution in [1.29, 1.82) is 0 Å². The summed E-state index contributed by atoms with van der Waals surface area (Å²) in [5.41, 5.74) is -0.369. The molecule has 1 fully saturated rings. The van der Waals surface area contributed by atoms with Gasteiger partial charge in [0.25, 0.3) is 5.56 Å². The van der Waals surface area contributed by atoms with Gasteiger partial charge in [-0.15, -0.1) is 0 Å². The monoisotopic (exact) mass is 225 g/mol. The molecular formula is C9H11N3O4. The van der Waals surface area contributed by atoms with Crippen LogP contribution in [0.4, 0.5) is 5.82 Å². The van der Waals surface area contributed by atoms with Gasteiger partial charge in [0.2, 0.25) is 5.75 Å². The maximum absolute atomic E-state index is 11.4. The van der Waals surface area contributed by atoms with Gasteiger partial charge < -0.3 is 19.7 Å². The van der Waals surface area contributed by atoms with Crippen LogP contribution in [0.1, 0.15) is 0 Å². The Kier molecular flexibility index (Phi) is 2.51. The minimum atomic E-state index is -0.833. The lowest BCUT2D eigenvalue weighted by atomic mass is 10.0. The van der Waals surface area contributed by atoms with Crippen molar-refractivity contribution < 1.29 is 14.6 Å². The summed E-state index contributed by atoms with van der Waals surface area (Å²) in [5.74, 6) is -0.721. The molecule has 0 aromatic carbocycles. The average molecular weight is 225 g/mol. The van der Waals surface area contributed by atoms with Crippen LogP contribution in [0.3, 0.4) is 0 Å². The molecule has 0 radical (unpaired) electrons. The van der Waals surface area contributed by atoms with E-state index in [1.165, 1.54) is 13.4 Å². The minimum Gasteiger partial charge on any atom is -0.489 e. The summed E-state index contributed by atoms with van der Waals surface area (Å²) in [5, 5.41) is 8.73. The van der Waals surface area contributed by atoms with Gasteiger partial charge >= 0.3 is 5.97 Å². The third-order valence-electron chi connectivity index (χ3n) is 2.53. The molecule has 0 atom stereocenters. The number of nitrogens with one attached hydrogen (secondary N) is 1. The Hall–Kier alpha value is -2.05. The number of carboxylic acid groups (broad SMARTS) is 1. The number of anilines is 1. The Morgan fingerprint density at radius 1 is 1.69 bits per heavy atom. The van der Waals surface area contributed by atoms with Crippen molar-refractivity contribution in [2.45, 2.75) is 0 Å². The summed E-state index contributed by atoms with van der Waals surface area (Å²) in [6.45, 7) is 0.699. The van der Waals surface area contributed by atoms with Crippen molar-refractivity contribution in [3.05, 3.63) is 16.7 Å². The third kappa shape index (κ3) is 1.60. The maximum Gasteiger partial charge on any atom is 0.310 e. The molecule has 86 valence electrons. The van der Waals surface area contributed by atoms with E-state index in [4.69, 9.17) is 9.84 Å². The maximum atomic E-state index is 11.4. The molecule has 2 heterocycles. The van der Waals surface area contributed by atoms with Gasteiger partial charge in [-0.2, -0.15) is 0 Å². The highest BCUT2D eigenvalue weighted by molar-refractivity contribution is 5.74. The lowest BCUT2D eigenvalue weighted by Crippen LogP contribution is -2.51. The van der Waals surface area contributed by atoms with Crippen molar-refractivity contribution in [3.8, 4) is 5.75 Å². The van der Waals surface area contributed by atoms with Crippen molar-refractivity contribution in [3.63, 3.8) is 0 Å². The van der Waals surface area contributed by atoms with E-state index in [2.05, 4.69) is 9.97 Å². The lowest BCUT2D eigenvalue weighted by molar-refractivity contribution is -0.142. The van der Waals surface area contributed by atoms with Crippen LogP contribution in [0.2, 0.25) is 0 Å². The van der Waals surface area contributed by atoms with E-state index in [-0.39, 0.29) is 11.3 Å². The Morgan fingerprint density at radius 2 is 2.38 bits per heavy atom. The van der Waals surface area contributed by atoms with Gasteiger partial charge in [0, 0.05) is 13.1 Å². The van der Waals surface area contributed by atoms with Crippen LogP contribution in [-0.4, -0.2) is 41.2 Å². The smallest absolute Gasteiger partial charge is 0.310 e. The van der Waals surface area contributed by atoms with Gasteiger partial charge in [0.1, 0.15) is 0 Å². The van der Waals surface area contributed by atoms with Gasteiger partial charge in [-0.3, -0.25) is 9.59 Å². The zero-order valence-electron chi connectivity index (χ0n) is 8.64. The SMILES string of the molecule is COc1c(N2CC(C(=O)O)C2)nc[nH]c1=O. The molecule has 0 unspecified atom stereocenters. The van der Waals surface area contributed by atoms with E-state index < -0.39 is 11.9 Å². The molecule has 1 aliphatic rings. The van der Waals surface area contributed by atoms with Crippen LogP contribution >= 0.6 is 0 Å². The number of methoxy groups -OCH3 is 1. The largest absolute Gasteiger partial charge is 0.489 e. The first kappa shape index (κ1) is 10.5. The molecule has 0 aliphatic carbocycles. The fourth-order valence-electron chi connectivity index (χ4n) is 1.59. The second-order valence-corrected chi connectivity index (χ2v) is 3.53. The van der Waals surface area contributed by atoms with Crippen LogP contribution < -0.4 is 15.2 Å². The fraction of sp³-hybridized carbons (Fsp3) is 0.444. The standard InChI is InChI=1S/C9H11N3O4/c1-16-6-7(10-4-11-8(6)13)12-2-5(3-12)9(14)15/h4-5H,2-3H2,1H3,(H,14,15)(H,10,11,13). The van der Waals surface area contributed by atoms with E-state index >= 15 is 0 Å². The van der Waals surface area contributed by atoms with Gasteiger partial charge in [0.05, 0.1) is 19.4 Å². The Bertz CT molecular complexity index is 464. The molecule has 1 aromatic rings. The minimum absolute atomic E-state index is 0.117. The van der Waals surface area contributed by atoms with Crippen molar-refractivity contribution >= 4 is 11.8 Å². The highest BCUT2D eigenvalue weighted by Crippen LogP contribution is 2.27. The van der Waals surface area contributed by atoms with Crippen LogP contribution in [0.25, 0.3) is 0 Å². The number of aromatic amines is 1. The van der Waals surface area contributed by atoms with Crippen LogP contribution in [0.5, 0.6) is 5.75 Å². The van der Waals surface area contributed by atoms with E-state index in [1.807, 2.05) is 0 Å². The number of aliphatic carboxylic acids is 1. The summed E-state index contributed by atoms with van der Waals surface area (Å²) in [4.78, 5) is 30.1. The normalized spacial score (nSPS) is 15.7. The molecule has 2 rings (SSSR count). The molecule has 1 aliphatic heterocycles. The summed E-state index contributed by atoms with van der Waals surface area (Å²) >= 11 is 0. The lowest BCUT2D eigenvalue weighted by Gasteiger charge is -2.37. The highest BCUT2D eigenvalue weighted by Gasteiger charge is 2.35. The Labute approximate surface area is 90.7 Å². The number of ether oxygens (including phenoxy) is 1. The van der Waals surface area contributed by atoms with Crippen LogP contribution in [-0.2, 0) is 4.79 Å². The van der Waals surface area contributed by atoms with Crippen molar-refractivity contribution in [2.24, 2.45) is 5.92 Å². The number of rotatable bonds is 3. The molecule has 1 aromatic heterocycles. The predicted octanol–water partition coefficient (Wildman–Crippen LogP) is -0.701. The van der Waals surface area contributed by atoms with Gasteiger partial charge in [0.15, 0.2) is 5.82 Å². The molecule has 0 amide bonds. The highest BCUT2D eigenvalue weighted by atomic mass is 16.5. The second-order valence-electron chi connectivity index (χ2n) is 3.53. The number of nitrogens with zero attached hydrogens (tertiary/aromatic N) is 2. The molecule has 1 saturated heterocycles. The molecule has 7 nitrogen and oxygen atoms in total. The van der Waals surface area contributed by atoms with Crippen LogP contribution in [0.15, 0.2) is 11.1 Å². The van der Waals surface area contributed by atoms with Gasteiger partial charge in [-0.25, -0.2) is 4.98 Å². The van der Waals surface area contributed by atoms with Crippen LogP contribution in [0, 0.1) is 5.92 Å². The summed E-state index contributed by atoms with van der Waals surface area (Å²) in [7, 11) is 1.38. The third-order valence-corrected chi connectivity index (χ3v) is 2.53. The second kappa shape index (κ2) is 3.84. The first-order valence-corrected chi connectivity index (χ1v) is 4.73. The fourth-order valence-corrected chi connectivity index (χ4v) is 1.59. The predicted molar refractivity (Wildman–Crippen MR) is 54.7 cm³/mol. The van der Waals surface area contributed by atoms with Crippen molar-refractivity contribution in [2.75, 3.05) is 25.1 Å². The van der Waals surface area contributed by atoms with Gasteiger partial charge in [-0.05, 0) is 0 Å². The van der Waals surface area contributed by atoms with Gasteiger partial charge in [-0.1, -0.05) is 0 Å². The Balaban J connectivity index is 2.21. The molecule has 0 saturated carbocycles. The quantitative estimate of drug-likeness (QED) is 0.706. The van der Waals surface area contributed by atoms with E-state index in [0.29, 0.717) is 18.9 Å². The summed E-state index contributed by atoms with van der Waals surface area (Å²) < 4.78 is 4.93. The number of hydrogen-bond donors (Lipinski definition) is 2. The zero-order valence-corrected chi connectivity index (χ0v) is 8.64. The number of aromatic nitrogens is 2. The molecule has 0 bridgehead atoms. The topological polar surface area (TPSA) is 95.5 Å². The molecule has 0 spiro atoms. The number of hydrogen-bond acceptors (Lipinski definition) is 5. The summed E-state index contributed by atoms with van der Waals surface area (Å²) in [6, 6.07) is 0. The molecule has 2 N–H and O–H groups in total. The first-order chi connectivity index (χ1) is 7.63. The zero-order chi connectivity index (χ0) is 11.7. The molecule has 16 heavy (non-hydrogen) atoms. The number of carboxylic acids is 1. The van der Waals surface area contributed by atoms with Crippen molar-refractivity contribution in [1.82, 2.24) is 9.97 Å². The number of H-pyrrole nitrogens is 1. The molecule has 7 heteroatoms. The van der Waals surface area contributed by atoms with E-state index in [9.17, 15) is 9.59 Å². The first-order valence-electron chi connectivity index (χ1n) is 4.73. The Morgan fingerprint density at radius 3 is 2.94 bits per heavy atom. The number of carbonyl (C=O) groups is 1. The summed E-state index contributed by atoms with van der Waals surface area (Å²) in [6.07, 6.45) is 1.27. The molecular weight excluding hydrogens is 214 g/mol. The van der Waals surface area contributed by atoms with E-state index in [1.54, 1.807) is 4.90 Å². The average Bonchev–Trinajstić information content (AvgIpc) is 2.15. The van der Waals surface area contributed by atoms with E-state index in [0.717, 1.165) is 0 Å².